The van der Waals surface area contributed by atoms with Crippen LogP contribution in [0.2, 0.25) is 0 Å². The lowest BCUT2D eigenvalue weighted by Crippen LogP contribution is -2.35. The number of amides is 3. The van der Waals surface area contributed by atoms with E-state index in [2.05, 4.69) is 5.32 Å². The van der Waals surface area contributed by atoms with Crippen molar-refractivity contribution in [3.05, 3.63) is 45.8 Å². The molecule has 1 aromatic carbocycles. The summed E-state index contributed by atoms with van der Waals surface area (Å²) in [4.78, 5) is 42.1. The van der Waals surface area contributed by atoms with E-state index in [9.17, 15) is 22.8 Å². The van der Waals surface area contributed by atoms with Gasteiger partial charge in [-0.1, -0.05) is 6.42 Å². The van der Waals surface area contributed by atoms with Crippen molar-refractivity contribution in [1.29, 1.82) is 0 Å². The normalized spacial score (nSPS) is 16.5. The lowest BCUT2D eigenvalue weighted by atomic mass is 10.0. The highest BCUT2D eigenvalue weighted by Crippen LogP contribution is 2.38. The van der Waals surface area contributed by atoms with Gasteiger partial charge in [0.25, 0.3) is 11.8 Å². The number of rotatable bonds is 5. The molecule has 0 radical (unpaired) electrons. The largest absolute Gasteiger partial charge is 0.345 e. The van der Waals surface area contributed by atoms with E-state index in [1.807, 2.05) is 0 Å². The number of hydrogen-bond acceptors (Lipinski definition) is 6. The Bertz CT molecular complexity index is 1250. The van der Waals surface area contributed by atoms with Crippen molar-refractivity contribution >= 4 is 44.1 Å². The van der Waals surface area contributed by atoms with Crippen molar-refractivity contribution in [2.45, 2.75) is 44.0 Å². The smallest absolute Gasteiger partial charge is 0.256 e. The first-order valence-corrected chi connectivity index (χ1v) is 13.9. The summed E-state index contributed by atoms with van der Waals surface area (Å²) in [5.41, 5.74) is 1.61. The van der Waals surface area contributed by atoms with Gasteiger partial charge in [0.15, 0.2) is 0 Å². The Hall–Kier alpha value is -2.76. The Morgan fingerprint density at radius 3 is 2.26 bits per heavy atom. The van der Waals surface area contributed by atoms with Crippen LogP contribution in [-0.2, 0) is 27.8 Å². The summed E-state index contributed by atoms with van der Waals surface area (Å²) in [6, 6.07) is 5.89. The molecule has 3 amide bonds. The zero-order valence-corrected chi connectivity index (χ0v) is 21.8. The average Bonchev–Trinajstić information content (AvgIpc) is 3.20. The van der Waals surface area contributed by atoms with Crippen LogP contribution in [0.5, 0.6) is 0 Å². The monoisotopic (exact) mass is 518 g/mol. The number of hydrogen-bond donors (Lipinski definition) is 1. The first kappa shape index (κ1) is 25.3. The average molecular weight is 519 g/mol. The standard InChI is InChI=1S/C24H30N4O5S2/c1-16(29)27-14-11-19-20(15-27)34-23(21(19)24(31)26(2)3)25-22(30)17-7-9-18(10-8-17)35(32,33)28-12-5-4-6-13-28/h7-10H,4-6,11-15H2,1-3H3,(H,25,30). The summed E-state index contributed by atoms with van der Waals surface area (Å²) < 4.78 is 27.3. The number of piperidine rings is 1. The second-order valence-corrected chi connectivity index (χ2v) is 12.1. The molecule has 1 aromatic heterocycles. The molecule has 2 aromatic rings. The van der Waals surface area contributed by atoms with Gasteiger partial charge in [-0.25, -0.2) is 8.42 Å². The Balaban J connectivity index is 1.58. The summed E-state index contributed by atoms with van der Waals surface area (Å²) in [5.74, 6) is -0.673. The molecular formula is C24H30N4O5S2. The molecule has 2 aliphatic rings. The number of carbonyl (C=O) groups excluding carboxylic acids is 3. The molecule has 11 heteroatoms. The number of benzene rings is 1. The molecule has 4 rings (SSSR count). The van der Waals surface area contributed by atoms with Gasteiger partial charge in [0.05, 0.1) is 17.0 Å². The van der Waals surface area contributed by atoms with Crippen molar-refractivity contribution in [3.8, 4) is 0 Å². The van der Waals surface area contributed by atoms with E-state index in [-0.39, 0.29) is 16.7 Å². The Morgan fingerprint density at radius 2 is 1.66 bits per heavy atom. The molecule has 35 heavy (non-hydrogen) atoms. The van der Waals surface area contributed by atoms with Crippen LogP contribution in [-0.4, -0.2) is 74.0 Å². The maximum atomic E-state index is 13.1. The van der Waals surface area contributed by atoms with Crippen molar-refractivity contribution in [2.24, 2.45) is 0 Å². The lowest BCUT2D eigenvalue weighted by molar-refractivity contribution is -0.129. The molecule has 3 heterocycles. The van der Waals surface area contributed by atoms with Crippen LogP contribution in [0, 0.1) is 0 Å². The first-order valence-electron chi connectivity index (χ1n) is 11.6. The summed E-state index contributed by atoms with van der Waals surface area (Å²) in [6.07, 6.45) is 3.27. The molecule has 0 spiro atoms. The predicted molar refractivity (Wildman–Crippen MR) is 134 cm³/mol. The molecule has 1 N–H and O–H groups in total. The number of sulfonamides is 1. The van der Waals surface area contributed by atoms with Crippen LogP contribution >= 0.6 is 11.3 Å². The molecule has 0 aliphatic carbocycles. The Kier molecular flexibility index (Phi) is 7.30. The van der Waals surface area contributed by atoms with E-state index in [1.54, 1.807) is 19.0 Å². The van der Waals surface area contributed by atoms with E-state index in [4.69, 9.17) is 0 Å². The van der Waals surface area contributed by atoms with Gasteiger partial charge in [0.1, 0.15) is 5.00 Å². The highest BCUT2D eigenvalue weighted by Gasteiger charge is 2.31. The summed E-state index contributed by atoms with van der Waals surface area (Å²) in [6.45, 7) is 3.46. The van der Waals surface area contributed by atoms with Crippen LogP contribution < -0.4 is 5.32 Å². The number of fused-ring (bicyclic) bond motifs is 1. The van der Waals surface area contributed by atoms with E-state index < -0.39 is 15.9 Å². The maximum Gasteiger partial charge on any atom is 0.256 e. The zero-order valence-electron chi connectivity index (χ0n) is 20.2. The van der Waals surface area contributed by atoms with Gasteiger partial charge in [-0.15, -0.1) is 11.3 Å². The van der Waals surface area contributed by atoms with E-state index in [0.29, 0.717) is 48.7 Å². The molecule has 0 saturated carbocycles. The van der Waals surface area contributed by atoms with Crippen LogP contribution in [0.4, 0.5) is 5.00 Å². The molecule has 2 aliphatic heterocycles. The second-order valence-electron chi connectivity index (χ2n) is 9.04. The topological polar surface area (TPSA) is 107 Å². The van der Waals surface area contributed by atoms with E-state index in [0.717, 1.165) is 29.7 Å². The van der Waals surface area contributed by atoms with Crippen LogP contribution in [0.3, 0.4) is 0 Å². The third-order valence-electron chi connectivity index (χ3n) is 6.42. The zero-order chi connectivity index (χ0) is 25.3. The van der Waals surface area contributed by atoms with Gasteiger partial charge >= 0.3 is 0 Å². The molecule has 1 saturated heterocycles. The van der Waals surface area contributed by atoms with Gasteiger partial charge in [0.2, 0.25) is 15.9 Å². The minimum absolute atomic E-state index is 0.0327. The number of anilines is 1. The fourth-order valence-corrected chi connectivity index (χ4v) is 7.19. The van der Waals surface area contributed by atoms with Gasteiger partial charge in [0, 0.05) is 51.1 Å². The number of carbonyl (C=O) groups is 3. The van der Waals surface area contributed by atoms with E-state index in [1.165, 1.54) is 51.7 Å². The summed E-state index contributed by atoms with van der Waals surface area (Å²) >= 11 is 1.30. The first-order chi connectivity index (χ1) is 16.6. The molecule has 9 nitrogen and oxygen atoms in total. The van der Waals surface area contributed by atoms with Crippen LogP contribution in [0.1, 0.15) is 57.3 Å². The highest BCUT2D eigenvalue weighted by molar-refractivity contribution is 7.89. The van der Waals surface area contributed by atoms with Gasteiger partial charge in [-0.3, -0.25) is 14.4 Å². The molecule has 0 bridgehead atoms. The number of nitrogens with zero attached hydrogens (tertiary/aromatic N) is 3. The lowest BCUT2D eigenvalue weighted by Gasteiger charge is -2.26. The number of nitrogens with one attached hydrogen (secondary N) is 1. The van der Waals surface area contributed by atoms with Crippen LogP contribution in [0.25, 0.3) is 0 Å². The highest BCUT2D eigenvalue weighted by atomic mass is 32.2. The summed E-state index contributed by atoms with van der Waals surface area (Å²) in [5, 5.41) is 3.29. The molecule has 0 atom stereocenters. The fourth-order valence-electron chi connectivity index (χ4n) is 4.42. The molecule has 0 unspecified atom stereocenters. The van der Waals surface area contributed by atoms with E-state index >= 15 is 0 Å². The minimum Gasteiger partial charge on any atom is -0.345 e. The van der Waals surface area contributed by atoms with Crippen molar-refractivity contribution in [1.82, 2.24) is 14.1 Å². The Labute approximate surface area is 209 Å². The van der Waals surface area contributed by atoms with Gasteiger partial charge < -0.3 is 15.1 Å². The second kappa shape index (κ2) is 10.1. The number of thiophene rings is 1. The van der Waals surface area contributed by atoms with Gasteiger partial charge in [-0.2, -0.15) is 4.31 Å². The molecular weight excluding hydrogens is 488 g/mol. The predicted octanol–water partition coefficient (Wildman–Crippen LogP) is 2.78. The Morgan fingerprint density at radius 1 is 1.00 bits per heavy atom. The third-order valence-corrected chi connectivity index (χ3v) is 9.46. The fraction of sp³-hybridized carbons (Fsp3) is 0.458. The van der Waals surface area contributed by atoms with Crippen molar-refractivity contribution < 1.29 is 22.8 Å². The van der Waals surface area contributed by atoms with Gasteiger partial charge in [-0.05, 0) is 49.1 Å². The molecule has 188 valence electrons. The van der Waals surface area contributed by atoms with Crippen LogP contribution in [0.15, 0.2) is 29.2 Å². The quantitative estimate of drug-likeness (QED) is 0.655. The van der Waals surface area contributed by atoms with Crippen molar-refractivity contribution in [3.63, 3.8) is 0 Å². The maximum absolute atomic E-state index is 13.1. The third kappa shape index (κ3) is 5.12. The minimum atomic E-state index is -3.58. The molecule has 1 fully saturated rings. The summed E-state index contributed by atoms with van der Waals surface area (Å²) in [7, 11) is -0.270. The SMILES string of the molecule is CC(=O)N1CCc2c(sc(NC(=O)c3ccc(S(=O)(=O)N4CCCCC4)cc3)c2C(=O)N(C)C)C1. The van der Waals surface area contributed by atoms with Crippen molar-refractivity contribution in [2.75, 3.05) is 39.0 Å².